The zero-order valence-corrected chi connectivity index (χ0v) is 6.21. The predicted octanol–water partition coefficient (Wildman–Crippen LogP) is 0.748. The van der Waals surface area contributed by atoms with Crippen molar-refractivity contribution in [2.24, 2.45) is 0 Å². The third-order valence-corrected chi connectivity index (χ3v) is 0.985. The minimum Gasteiger partial charge on any atom is -0.516 e. The van der Waals surface area contributed by atoms with Crippen LogP contribution in [-0.2, 0) is 10.1 Å². The summed E-state index contributed by atoms with van der Waals surface area (Å²) in [7, 11) is -3.79. The van der Waals surface area contributed by atoms with Gasteiger partial charge in [0, 0.05) is 0 Å². The van der Waals surface area contributed by atoms with Crippen LogP contribution >= 0.6 is 0 Å². The highest BCUT2D eigenvalue weighted by atomic mass is 32.2. The lowest BCUT2D eigenvalue weighted by Gasteiger charge is -1.82. The first-order chi connectivity index (χ1) is 4.47. The highest BCUT2D eigenvalue weighted by molar-refractivity contribution is 7.85. The molecule has 0 rings (SSSR count). The largest absolute Gasteiger partial charge is 0.516 e. The van der Waals surface area contributed by atoms with Crippen molar-refractivity contribution in [3.8, 4) is 0 Å². The molecule has 0 unspecified atom stereocenters. The van der Waals surface area contributed by atoms with E-state index >= 15 is 0 Å². The Hall–Kier alpha value is -0.810. The van der Waals surface area contributed by atoms with Gasteiger partial charge in [0.1, 0.15) is 0 Å². The molecule has 0 bridgehead atoms. The Labute approximate surface area is 60.2 Å². The zero-order chi connectivity index (χ0) is 8.62. The van der Waals surface area contributed by atoms with Crippen LogP contribution < -0.4 is 0 Å². The molecule has 0 fully saturated rings. The monoisotopic (exact) mass is 166 g/mol. The van der Waals surface area contributed by atoms with Gasteiger partial charge in [-0.25, -0.2) is 0 Å². The van der Waals surface area contributed by atoms with Gasteiger partial charge in [-0.3, -0.25) is 4.55 Å². The summed E-state index contributed by atoms with van der Waals surface area (Å²) in [4.78, 5) is 0. The average Bonchev–Trinajstić information content (AvgIpc) is 1.63. The molecule has 0 spiro atoms. The topological polar surface area (TPSA) is 74.6 Å². The quantitative estimate of drug-likeness (QED) is 0.360. The van der Waals surface area contributed by atoms with Crippen LogP contribution in [0.15, 0.2) is 25.5 Å². The molecule has 0 radical (unpaired) electrons. The maximum Gasteiger partial charge on any atom is 0.268 e. The summed E-state index contributed by atoms with van der Waals surface area (Å²) in [5.74, 6) is -0.368. The molecule has 60 valence electrons. The van der Waals surface area contributed by atoms with Gasteiger partial charge in [0.05, 0.1) is 12.0 Å². The van der Waals surface area contributed by atoms with Gasteiger partial charge in [-0.1, -0.05) is 12.7 Å². The summed E-state index contributed by atoms with van der Waals surface area (Å²) in [5.41, 5.74) is 0. The summed E-state index contributed by atoms with van der Waals surface area (Å²) in [6.07, 6.45) is 1.87. The fourth-order valence-electron chi connectivity index (χ4n) is 0.149. The fourth-order valence-corrected chi connectivity index (χ4v) is 0.447. The first-order valence-corrected chi connectivity index (χ1v) is 3.90. The van der Waals surface area contributed by atoms with Crippen molar-refractivity contribution < 1.29 is 18.1 Å². The number of aliphatic hydroxyl groups is 1. The second-order valence-electron chi connectivity index (χ2n) is 1.22. The molecule has 0 aliphatic carbocycles. The molecule has 0 amide bonds. The summed E-state index contributed by atoms with van der Waals surface area (Å²) in [6.45, 7) is 6.02. The number of hydrogen-bond donors (Lipinski definition) is 2. The number of aliphatic hydroxyl groups excluding tert-OH is 1. The second-order valence-corrected chi connectivity index (χ2v) is 2.72. The van der Waals surface area contributed by atoms with Crippen molar-refractivity contribution in [1.82, 2.24) is 0 Å². The smallest absolute Gasteiger partial charge is 0.268 e. The summed E-state index contributed by atoms with van der Waals surface area (Å²) >= 11 is 0. The van der Waals surface area contributed by atoms with E-state index in [1.807, 2.05) is 0 Å². The molecule has 0 aromatic heterocycles. The van der Waals surface area contributed by atoms with E-state index in [1.165, 1.54) is 0 Å². The van der Waals surface area contributed by atoms with Crippen molar-refractivity contribution in [3.63, 3.8) is 0 Å². The van der Waals surface area contributed by atoms with Crippen molar-refractivity contribution in [1.29, 1.82) is 0 Å². The lowest BCUT2D eigenvalue weighted by Crippen LogP contribution is -1.99. The zero-order valence-electron chi connectivity index (χ0n) is 5.40. The molecule has 0 heterocycles. The van der Waals surface area contributed by atoms with Crippen LogP contribution in [0.5, 0.6) is 0 Å². The Bertz CT molecular complexity index is 180. The van der Waals surface area contributed by atoms with E-state index < -0.39 is 10.1 Å². The predicted molar refractivity (Wildman–Crippen MR) is 39.4 cm³/mol. The lowest BCUT2D eigenvalue weighted by atomic mass is 10.8. The lowest BCUT2D eigenvalue weighted by molar-refractivity contribution is 0.476. The highest BCUT2D eigenvalue weighted by Gasteiger charge is 1.95. The minimum absolute atomic E-state index is 0.368. The number of hydrogen-bond acceptors (Lipinski definition) is 3. The molecular weight excluding hydrogens is 156 g/mol. The Balaban J connectivity index is 0. The number of rotatable bonds is 2. The van der Waals surface area contributed by atoms with Gasteiger partial charge in [0.15, 0.2) is 0 Å². The van der Waals surface area contributed by atoms with Crippen LogP contribution in [0.2, 0.25) is 0 Å². The summed E-state index contributed by atoms with van der Waals surface area (Å²) in [5, 5.41) is 7.33. The molecule has 5 heteroatoms. The highest BCUT2D eigenvalue weighted by Crippen LogP contribution is 1.78. The molecular formula is C5H10O4S. The van der Waals surface area contributed by atoms with Gasteiger partial charge < -0.3 is 5.11 Å². The van der Waals surface area contributed by atoms with Gasteiger partial charge in [0.2, 0.25) is 0 Å². The van der Waals surface area contributed by atoms with Gasteiger partial charge in [0.25, 0.3) is 10.1 Å². The third kappa shape index (κ3) is 27.1. The van der Waals surface area contributed by atoms with Crippen molar-refractivity contribution in [2.45, 2.75) is 0 Å². The van der Waals surface area contributed by atoms with Gasteiger partial charge in [-0.2, -0.15) is 8.42 Å². The maximum atomic E-state index is 9.72. The van der Waals surface area contributed by atoms with Gasteiger partial charge in [-0.15, -0.1) is 6.58 Å². The Morgan fingerprint density at radius 1 is 1.40 bits per heavy atom. The fraction of sp³-hybridized carbons (Fsp3) is 0.200. The average molecular weight is 166 g/mol. The van der Waals surface area contributed by atoms with Crippen molar-refractivity contribution in [2.75, 3.05) is 5.75 Å². The van der Waals surface area contributed by atoms with E-state index in [-0.39, 0.29) is 5.75 Å². The Morgan fingerprint density at radius 3 is 1.70 bits per heavy atom. The van der Waals surface area contributed by atoms with Crippen LogP contribution in [-0.4, -0.2) is 23.8 Å². The Kier molecular flexibility index (Phi) is 7.53. The molecule has 2 N–H and O–H groups in total. The SMILES string of the molecule is C=CCS(=O)(=O)O.C=CO. The van der Waals surface area contributed by atoms with E-state index in [4.69, 9.17) is 9.66 Å². The molecule has 0 aliphatic heterocycles. The van der Waals surface area contributed by atoms with E-state index in [1.54, 1.807) is 0 Å². The minimum atomic E-state index is -3.79. The van der Waals surface area contributed by atoms with Crippen LogP contribution in [0.4, 0.5) is 0 Å². The van der Waals surface area contributed by atoms with Crippen molar-refractivity contribution >= 4 is 10.1 Å². The normalized spacial score (nSPS) is 8.90. The van der Waals surface area contributed by atoms with E-state index in [2.05, 4.69) is 13.2 Å². The van der Waals surface area contributed by atoms with Gasteiger partial charge in [-0.05, 0) is 0 Å². The standard InChI is InChI=1S/C3H6O3S.C2H4O/c1-2-3-7(4,5)6;1-2-3/h2H,1,3H2,(H,4,5,6);2-3H,1H2. The van der Waals surface area contributed by atoms with Crippen LogP contribution in [0, 0.1) is 0 Å². The molecule has 0 aromatic carbocycles. The molecule has 4 nitrogen and oxygen atoms in total. The summed E-state index contributed by atoms with van der Waals surface area (Å²) in [6, 6.07) is 0. The van der Waals surface area contributed by atoms with Crippen LogP contribution in [0.3, 0.4) is 0 Å². The van der Waals surface area contributed by atoms with Crippen molar-refractivity contribution in [3.05, 3.63) is 25.5 Å². The van der Waals surface area contributed by atoms with E-state index in [0.29, 0.717) is 0 Å². The molecule has 0 aliphatic rings. The molecule has 0 aromatic rings. The molecule has 10 heavy (non-hydrogen) atoms. The van der Waals surface area contributed by atoms with Crippen LogP contribution in [0.25, 0.3) is 0 Å². The van der Waals surface area contributed by atoms with E-state index in [9.17, 15) is 8.42 Å². The first-order valence-electron chi connectivity index (χ1n) is 2.29. The molecule has 0 saturated heterocycles. The Morgan fingerprint density at radius 2 is 1.70 bits per heavy atom. The molecule has 0 saturated carbocycles. The first kappa shape index (κ1) is 11.9. The summed E-state index contributed by atoms with van der Waals surface area (Å²) < 4.78 is 27.3. The molecule has 0 atom stereocenters. The maximum absolute atomic E-state index is 9.72. The van der Waals surface area contributed by atoms with E-state index in [0.717, 1.165) is 12.3 Å². The van der Waals surface area contributed by atoms with Crippen LogP contribution in [0.1, 0.15) is 0 Å². The third-order valence-electron chi connectivity index (χ3n) is 0.328. The van der Waals surface area contributed by atoms with Gasteiger partial charge >= 0.3 is 0 Å². The second kappa shape index (κ2) is 6.31.